The summed E-state index contributed by atoms with van der Waals surface area (Å²) in [5.74, 6) is 1.04. The van der Waals surface area contributed by atoms with Crippen molar-refractivity contribution in [3.05, 3.63) is 51.7 Å². The summed E-state index contributed by atoms with van der Waals surface area (Å²) >= 11 is 1.70. The third kappa shape index (κ3) is 3.74. The van der Waals surface area contributed by atoms with E-state index in [2.05, 4.69) is 24.4 Å². The van der Waals surface area contributed by atoms with Crippen molar-refractivity contribution in [3.8, 4) is 5.75 Å². The summed E-state index contributed by atoms with van der Waals surface area (Å²) in [6, 6.07) is 12.2. The van der Waals surface area contributed by atoms with Crippen molar-refractivity contribution in [2.75, 3.05) is 26.7 Å². The van der Waals surface area contributed by atoms with Gasteiger partial charge in [0.25, 0.3) is 0 Å². The molecule has 1 aliphatic rings. The number of carbonyl (C=O) groups is 1. The maximum Gasteiger partial charge on any atom is 0.228 e. The molecule has 1 fully saturated rings. The first-order chi connectivity index (χ1) is 11.2. The number of amides is 1. The van der Waals surface area contributed by atoms with Crippen LogP contribution in [0.5, 0.6) is 5.75 Å². The maximum absolute atomic E-state index is 12.8. The second-order valence-corrected chi connectivity index (χ2v) is 7.14. The van der Waals surface area contributed by atoms with Crippen LogP contribution in [0.25, 0.3) is 0 Å². The Morgan fingerprint density at radius 3 is 2.74 bits per heavy atom. The minimum atomic E-state index is 0.0863. The van der Waals surface area contributed by atoms with Crippen LogP contribution < -0.4 is 10.1 Å². The summed E-state index contributed by atoms with van der Waals surface area (Å²) in [4.78, 5) is 17.2. The number of hydrogen-bond donors (Lipinski definition) is 1. The Kier molecular flexibility index (Phi) is 4.98. The number of piperazine rings is 1. The highest BCUT2D eigenvalue weighted by atomic mass is 32.1. The first kappa shape index (κ1) is 16.0. The molecule has 1 saturated heterocycles. The van der Waals surface area contributed by atoms with Crippen LogP contribution in [-0.4, -0.2) is 37.6 Å². The van der Waals surface area contributed by atoms with Gasteiger partial charge in [-0.25, -0.2) is 0 Å². The molecule has 1 aromatic carbocycles. The molecule has 3 rings (SSSR count). The van der Waals surface area contributed by atoms with Gasteiger partial charge in [0, 0.05) is 29.4 Å². The second-order valence-electron chi connectivity index (χ2n) is 5.77. The van der Waals surface area contributed by atoms with Gasteiger partial charge in [-0.2, -0.15) is 0 Å². The van der Waals surface area contributed by atoms with Gasteiger partial charge in [-0.3, -0.25) is 4.79 Å². The molecule has 1 aromatic heterocycles. The van der Waals surface area contributed by atoms with Crippen LogP contribution in [0.1, 0.15) is 21.4 Å². The Morgan fingerprint density at radius 1 is 1.30 bits per heavy atom. The van der Waals surface area contributed by atoms with Crippen LogP contribution in [0, 0.1) is 6.92 Å². The number of nitrogens with one attached hydrogen (secondary N) is 1. The lowest BCUT2D eigenvalue weighted by atomic mass is 10.0. The van der Waals surface area contributed by atoms with Gasteiger partial charge in [0.2, 0.25) is 5.91 Å². The monoisotopic (exact) mass is 330 g/mol. The Balaban J connectivity index is 1.75. The predicted octanol–water partition coefficient (Wildman–Crippen LogP) is 2.78. The molecule has 0 aliphatic carbocycles. The second kappa shape index (κ2) is 7.15. The van der Waals surface area contributed by atoms with E-state index in [9.17, 15) is 4.79 Å². The van der Waals surface area contributed by atoms with E-state index in [0.29, 0.717) is 6.42 Å². The topological polar surface area (TPSA) is 41.6 Å². The molecule has 2 aromatic rings. The summed E-state index contributed by atoms with van der Waals surface area (Å²) in [5, 5.41) is 3.39. The van der Waals surface area contributed by atoms with Gasteiger partial charge in [-0.05, 0) is 36.8 Å². The zero-order chi connectivity index (χ0) is 16.2. The summed E-state index contributed by atoms with van der Waals surface area (Å²) in [5.41, 5.74) is 1.15. The fourth-order valence-corrected chi connectivity index (χ4v) is 3.84. The third-order valence-electron chi connectivity index (χ3n) is 4.19. The van der Waals surface area contributed by atoms with Crippen LogP contribution in [-0.2, 0) is 11.2 Å². The lowest BCUT2D eigenvalue weighted by Gasteiger charge is -2.36. The van der Waals surface area contributed by atoms with Crippen LogP contribution in [0.2, 0.25) is 0 Å². The van der Waals surface area contributed by atoms with Gasteiger partial charge >= 0.3 is 0 Å². The van der Waals surface area contributed by atoms with E-state index in [-0.39, 0.29) is 11.9 Å². The Hall–Kier alpha value is -1.85. The molecule has 1 atom stereocenters. The number of aryl methyl sites for hydroxylation is 1. The number of nitrogens with zero attached hydrogens (tertiary/aromatic N) is 1. The van der Waals surface area contributed by atoms with E-state index < -0.39 is 0 Å². The zero-order valence-corrected chi connectivity index (χ0v) is 14.4. The molecule has 4 nitrogen and oxygen atoms in total. The molecule has 0 saturated carbocycles. The lowest BCUT2D eigenvalue weighted by molar-refractivity contribution is -0.133. The molecule has 0 radical (unpaired) electrons. The molecule has 0 spiro atoms. The predicted molar refractivity (Wildman–Crippen MR) is 93.1 cm³/mol. The molecule has 122 valence electrons. The van der Waals surface area contributed by atoms with Crippen molar-refractivity contribution in [2.24, 2.45) is 0 Å². The van der Waals surface area contributed by atoms with Gasteiger partial charge in [0.1, 0.15) is 5.75 Å². The molecule has 5 heteroatoms. The summed E-state index contributed by atoms with van der Waals surface area (Å²) in [6.45, 7) is 4.47. The molecule has 0 bridgehead atoms. The molecule has 2 heterocycles. The fraction of sp³-hybridized carbons (Fsp3) is 0.389. The summed E-state index contributed by atoms with van der Waals surface area (Å²) < 4.78 is 5.22. The van der Waals surface area contributed by atoms with Crippen LogP contribution in [0.4, 0.5) is 0 Å². The van der Waals surface area contributed by atoms with Crippen molar-refractivity contribution in [3.63, 3.8) is 0 Å². The number of thiophene rings is 1. The van der Waals surface area contributed by atoms with Crippen molar-refractivity contribution in [2.45, 2.75) is 19.4 Å². The van der Waals surface area contributed by atoms with Crippen molar-refractivity contribution >= 4 is 17.2 Å². The molecule has 1 aliphatic heterocycles. The van der Waals surface area contributed by atoms with E-state index in [1.807, 2.05) is 29.2 Å². The van der Waals surface area contributed by atoms with Crippen LogP contribution >= 0.6 is 11.3 Å². The number of methoxy groups -OCH3 is 1. The van der Waals surface area contributed by atoms with Gasteiger partial charge in [-0.1, -0.05) is 12.1 Å². The zero-order valence-electron chi connectivity index (χ0n) is 13.5. The lowest BCUT2D eigenvalue weighted by Crippen LogP contribution is -2.49. The van der Waals surface area contributed by atoms with Crippen LogP contribution in [0.15, 0.2) is 36.4 Å². The van der Waals surface area contributed by atoms with E-state index in [1.54, 1.807) is 18.4 Å². The summed E-state index contributed by atoms with van der Waals surface area (Å²) in [7, 11) is 1.66. The maximum atomic E-state index is 12.8. The number of carbonyl (C=O) groups excluding carboxylic acids is 1. The van der Waals surface area contributed by atoms with E-state index in [1.165, 1.54) is 4.88 Å². The number of rotatable bonds is 4. The molecule has 1 N–H and O–H groups in total. The molecule has 23 heavy (non-hydrogen) atoms. The van der Waals surface area contributed by atoms with E-state index in [0.717, 1.165) is 35.8 Å². The Morgan fingerprint density at radius 2 is 2.09 bits per heavy atom. The smallest absolute Gasteiger partial charge is 0.228 e. The molecular weight excluding hydrogens is 308 g/mol. The van der Waals surface area contributed by atoms with Crippen molar-refractivity contribution in [1.29, 1.82) is 0 Å². The average molecular weight is 330 g/mol. The molecule has 1 amide bonds. The molecular formula is C18H22N2O2S. The first-order valence-corrected chi connectivity index (χ1v) is 8.68. The normalized spacial score (nSPS) is 18.0. The quantitative estimate of drug-likeness (QED) is 0.937. The van der Waals surface area contributed by atoms with Gasteiger partial charge in [0.15, 0.2) is 0 Å². The number of benzene rings is 1. The largest absolute Gasteiger partial charge is 0.497 e. The van der Waals surface area contributed by atoms with E-state index >= 15 is 0 Å². The fourth-order valence-electron chi connectivity index (χ4n) is 2.96. The highest BCUT2D eigenvalue weighted by Crippen LogP contribution is 2.26. The molecule has 1 unspecified atom stereocenters. The standard InChI is InChI=1S/C18H22N2O2S/c1-13-3-8-16(23-13)11-18(21)20-10-9-19-12-17(20)14-4-6-15(22-2)7-5-14/h3-8,17,19H,9-12H2,1-2H3. The minimum Gasteiger partial charge on any atom is -0.497 e. The Bertz CT molecular complexity index is 666. The third-order valence-corrected chi connectivity index (χ3v) is 5.19. The van der Waals surface area contributed by atoms with Gasteiger partial charge < -0.3 is 15.0 Å². The van der Waals surface area contributed by atoms with Gasteiger partial charge in [-0.15, -0.1) is 11.3 Å². The average Bonchev–Trinajstić information content (AvgIpc) is 3.00. The summed E-state index contributed by atoms with van der Waals surface area (Å²) in [6.07, 6.45) is 0.491. The SMILES string of the molecule is COc1ccc(C2CNCCN2C(=O)Cc2ccc(C)s2)cc1. The van der Waals surface area contributed by atoms with Crippen molar-refractivity contribution < 1.29 is 9.53 Å². The van der Waals surface area contributed by atoms with E-state index in [4.69, 9.17) is 4.74 Å². The number of ether oxygens (including phenoxy) is 1. The highest BCUT2D eigenvalue weighted by Gasteiger charge is 2.27. The highest BCUT2D eigenvalue weighted by molar-refractivity contribution is 7.12. The minimum absolute atomic E-state index is 0.0863. The van der Waals surface area contributed by atoms with Crippen molar-refractivity contribution in [1.82, 2.24) is 10.2 Å². The first-order valence-electron chi connectivity index (χ1n) is 7.87. The Labute approximate surface area is 141 Å². The number of hydrogen-bond acceptors (Lipinski definition) is 4. The van der Waals surface area contributed by atoms with Gasteiger partial charge in [0.05, 0.1) is 19.6 Å². The van der Waals surface area contributed by atoms with Crippen LogP contribution in [0.3, 0.4) is 0 Å².